The topological polar surface area (TPSA) is 33.1 Å². The highest BCUT2D eigenvalue weighted by atomic mass is 16.3. The summed E-state index contributed by atoms with van der Waals surface area (Å²) in [6.45, 7) is 2.42. The molecule has 1 aromatic rings. The van der Waals surface area contributed by atoms with Gasteiger partial charge in [-0.25, -0.2) is 0 Å². The van der Waals surface area contributed by atoms with Crippen molar-refractivity contribution in [2.75, 3.05) is 6.61 Å². The number of hydrogen-bond acceptors (Lipinski definition) is 2. The van der Waals surface area contributed by atoms with Crippen molar-refractivity contribution in [1.82, 2.24) is 4.98 Å². The minimum Gasteiger partial charge on any atom is -0.396 e. The minimum absolute atomic E-state index is 0.318. The molecule has 2 nitrogen and oxygen atoms in total. The smallest absolute Gasteiger partial charge is 0.0465 e. The lowest BCUT2D eigenvalue weighted by Crippen LogP contribution is -1.92. The molecule has 1 aliphatic rings. The highest BCUT2D eigenvalue weighted by molar-refractivity contribution is 5.30. The molecule has 0 amide bonds. The first-order valence-corrected chi connectivity index (χ1v) is 4.34. The lowest BCUT2D eigenvalue weighted by Gasteiger charge is -2.01. The van der Waals surface area contributed by atoms with E-state index in [0.29, 0.717) is 18.4 Å². The van der Waals surface area contributed by atoms with Crippen molar-refractivity contribution in [1.29, 1.82) is 0 Å². The molecule has 2 rings (SSSR count). The fourth-order valence-corrected chi connectivity index (χ4v) is 1.69. The molecule has 2 unspecified atom stereocenters. The standard InChI is InChI=1S/C10H13NO/c1-7-2-3-11-5-10(7)9-4-8(9)6-12/h2-3,5,8-9,12H,4,6H2,1H3. The highest BCUT2D eigenvalue weighted by Gasteiger charge is 2.38. The molecule has 1 saturated carbocycles. The minimum atomic E-state index is 0.318. The highest BCUT2D eigenvalue weighted by Crippen LogP contribution is 2.47. The number of nitrogens with zero attached hydrogens (tertiary/aromatic N) is 1. The van der Waals surface area contributed by atoms with E-state index in [1.165, 1.54) is 11.1 Å². The molecule has 0 spiro atoms. The van der Waals surface area contributed by atoms with Gasteiger partial charge in [0.25, 0.3) is 0 Å². The van der Waals surface area contributed by atoms with Gasteiger partial charge < -0.3 is 5.11 Å². The fraction of sp³-hybridized carbons (Fsp3) is 0.500. The zero-order valence-corrected chi connectivity index (χ0v) is 7.20. The van der Waals surface area contributed by atoms with Crippen molar-refractivity contribution in [3.05, 3.63) is 29.6 Å². The van der Waals surface area contributed by atoms with Gasteiger partial charge in [-0.15, -0.1) is 0 Å². The van der Waals surface area contributed by atoms with Crippen LogP contribution in [0.3, 0.4) is 0 Å². The van der Waals surface area contributed by atoms with Gasteiger partial charge in [0.05, 0.1) is 0 Å². The van der Waals surface area contributed by atoms with E-state index in [9.17, 15) is 0 Å². The molecule has 1 N–H and O–H groups in total. The van der Waals surface area contributed by atoms with Crippen LogP contribution in [-0.2, 0) is 0 Å². The van der Waals surface area contributed by atoms with Crippen LogP contribution < -0.4 is 0 Å². The zero-order valence-electron chi connectivity index (χ0n) is 7.20. The average molecular weight is 163 g/mol. The molecular formula is C10H13NO. The van der Waals surface area contributed by atoms with Crippen LogP contribution >= 0.6 is 0 Å². The molecule has 1 aliphatic carbocycles. The third kappa shape index (κ3) is 1.23. The van der Waals surface area contributed by atoms with Gasteiger partial charge in [0.2, 0.25) is 0 Å². The van der Waals surface area contributed by atoms with Crippen molar-refractivity contribution >= 4 is 0 Å². The van der Waals surface area contributed by atoms with Gasteiger partial charge in [-0.2, -0.15) is 0 Å². The maximum Gasteiger partial charge on any atom is 0.0465 e. The largest absolute Gasteiger partial charge is 0.396 e. The second-order valence-corrected chi connectivity index (χ2v) is 3.52. The van der Waals surface area contributed by atoms with E-state index in [2.05, 4.69) is 11.9 Å². The quantitative estimate of drug-likeness (QED) is 0.716. The van der Waals surface area contributed by atoms with Crippen LogP contribution in [0.5, 0.6) is 0 Å². The maximum atomic E-state index is 8.91. The van der Waals surface area contributed by atoms with Gasteiger partial charge in [0.15, 0.2) is 0 Å². The van der Waals surface area contributed by atoms with Crippen LogP contribution in [0.25, 0.3) is 0 Å². The molecule has 0 aromatic carbocycles. The summed E-state index contributed by atoms with van der Waals surface area (Å²) in [6, 6.07) is 2.03. The summed E-state index contributed by atoms with van der Waals surface area (Å²) in [5, 5.41) is 8.91. The Morgan fingerprint density at radius 3 is 3.08 bits per heavy atom. The molecule has 0 saturated heterocycles. The lowest BCUT2D eigenvalue weighted by molar-refractivity contribution is 0.274. The molecule has 0 radical (unpaired) electrons. The predicted octanol–water partition coefficient (Wildman–Crippen LogP) is 1.49. The van der Waals surface area contributed by atoms with Gasteiger partial charge in [-0.3, -0.25) is 4.98 Å². The fourth-order valence-electron chi connectivity index (χ4n) is 1.69. The van der Waals surface area contributed by atoms with Crippen LogP contribution in [0.15, 0.2) is 18.5 Å². The molecule has 1 aromatic heterocycles. The second kappa shape index (κ2) is 2.87. The molecular weight excluding hydrogens is 150 g/mol. The number of hydrogen-bond donors (Lipinski definition) is 1. The first-order valence-electron chi connectivity index (χ1n) is 4.34. The van der Waals surface area contributed by atoms with Crippen LogP contribution in [0.2, 0.25) is 0 Å². The summed E-state index contributed by atoms with van der Waals surface area (Å²) in [6.07, 6.45) is 4.87. The van der Waals surface area contributed by atoms with Gasteiger partial charge in [-0.05, 0) is 42.4 Å². The van der Waals surface area contributed by atoms with Crippen LogP contribution in [-0.4, -0.2) is 16.7 Å². The third-order valence-corrected chi connectivity index (χ3v) is 2.64. The van der Waals surface area contributed by atoms with Crippen LogP contribution in [0.4, 0.5) is 0 Å². The molecule has 0 aliphatic heterocycles. The number of aromatic nitrogens is 1. The number of pyridine rings is 1. The summed E-state index contributed by atoms with van der Waals surface area (Å²) >= 11 is 0. The normalized spacial score (nSPS) is 27.2. The van der Waals surface area contributed by atoms with E-state index in [-0.39, 0.29) is 0 Å². The molecule has 2 atom stereocenters. The van der Waals surface area contributed by atoms with Gasteiger partial charge >= 0.3 is 0 Å². The van der Waals surface area contributed by atoms with Crippen molar-refractivity contribution in [2.45, 2.75) is 19.3 Å². The van der Waals surface area contributed by atoms with E-state index >= 15 is 0 Å². The number of rotatable bonds is 2. The molecule has 64 valence electrons. The van der Waals surface area contributed by atoms with E-state index < -0.39 is 0 Å². The monoisotopic (exact) mass is 163 g/mol. The van der Waals surface area contributed by atoms with E-state index in [1.807, 2.05) is 18.5 Å². The molecule has 2 heteroatoms. The summed E-state index contributed by atoms with van der Waals surface area (Å²) in [7, 11) is 0. The summed E-state index contributed by atoms with van der Waals surface area (Å²) < 4.78 is 0. The van der Waals surface area contributed by atoms with Crippen LogP contribution in [0, 0.1) is 12.8 Å². The van der Waals surface area contributed by atoms with Gasteiger partial charge in [0.1, 0.15) is 0 Å². The van der Waals surface area contributed by atoms with Gasteiger partial charge in [-0.1, -0.05) is 0 Å². The van der Waals surface area contributed by atoms with E-state index in [4.69, 9.17) is 5.11 Å². The van der Waals surface area contributed by atoms with E-state index in [1.54, 1.807) is 0 Å². The van der Waals surface area contributed by atoms with Gasteiger partial charge in [0, 0.05) is 19.0 Å². The predicted molar refractivity (Wildman–Crippen MR) is 46.9 cm³/mol. The average Bonchev–Trinajstić information content (AvgIpc) is 2.84. The first-order chi connectivity index (χ1) is 5.83. The Morgan fingerprint density at radius 2 is 2.50 bits per heavy atom. The molecule has 12 heavy (non-hydrogen) atoms. The molecule has 1 heterocycles. The Bertz CT molecular complexity index is 285. The van der Waals surface area contributed by atoms with Crippen molar-refractivity contribution in [3.8, 4) is 0 Å². The maximum absolute atomic E-state index is 8.91. The Labute approximate surface area is 72.3 Å². The first kappa shape index (κ1) is 7.74. The zero-order chi connectivity index (χ0) is 8.55. The molecule has 0 bridgehead atoms. The Hall–Kier alpha value is -0.890. The number of aliphatic hydroxyl groups is 1. The number of aryl methyl sites for hydroxylation is 1. The molecule has 1 fully saturated rings. The summed E-state index contributed by atoms with van der Waals surface area (Å²) in [5.41, 5.74) is 2.61. The van der Waals surface area contributed by atoms with Crippen molar-refractivity contribution in [3.63, 3.8) is 0 Å². The Morgan fingerprint density at radius 1 is 1.67 bits per heavy atom. The number of aliphatic hydroxyl groups excluding tert-OH is 1. The lowest BCUT2D eigenvalue weighted by atomic mass is 10.1. The van der Waals surface area contributed by atoms with Crippen molar-refractivity contribution < 1.29 is 5.11 Å². The SMILES string of the molecule is Cc1ccncc1C1CC1CO. The van der Waals surface area contributed by atoms with Crippen LogP contribution in [0.1, 0.15) is 23.5 Å². The third-order valence-electron chi connectivity index (χ3n) is 2.64. The Kier molecular flexibility index (Phi) is 1.85. The second-order valence-electron chi connectivity index (χ2n) is 3.52. The summed E-state index contributed by atoms with van der Waals surface area (Å²) in [4.78, 5) is 4.09. The van der Waals surface area contributed by atoms with E-state index in [0.717, 1.165) is 6.42 Å². The van der Waals surface area contributed by atoms with Crippen molar-refractivity contribution in [2.24, 2.45) is 5.92 Å². The Balaban J connectivity index is 2.19. The summed E-state index contributed by atoms with van der Waals surface area (Å²) in [5.74, 6) is 1.07.